The molecule has 0 nitrogen and oxygen atoms in total. The van der Waals surface area contributed by atoms with Crippen LogP contribution >= 0.6 is 0 Å². The molecule has 0 saturated heterocycles. The Morgan fingerprint density at radius 1 is 0.929 bits per heavy atom. The molecule has 0 spiro atoms. The van der Waals surface area contributed by atoms with Crippen molar-refractivity contribution in [1.29, 1.82) is 0 Å². The van der Waals surface area contributed by atoms with E-state index in [9.17, 15) is 0 Å². The SMILES string of the molecule is Cc1cc(-c2cc(C)c([SiH3])c(C)c2C)c2c(c1)=[C]([Zr])C(=CC1CCCCC1)C=2. The van der Waals surface area contributed by atoms with E-state index < -0.39 is 0 Å². The van der Waals surface area contributed by atoms with Crippen molar-refractivity contribution in [2.24, 2.45) is 5.92 Å². The summed E-state index contributed by atoms with van der Waals surface area (Å²) in [6.45, 7) is 9.17. The number of allylic oxidation sites excluding steroid dienone is 2. The summed E-state index contributed by atoms with van der Waals surface area (Å²) >= 11 is 1.54. The third-order valence-electron chi connectivity index (χ3n) is 7.02. The fourth-order valence-electron chi connectivity index (χ4n) is 4.94. The van der Waals surface area contributed by atoms with Gasteiger partial charge in [0.25, 0.3) is 0 Å². The van der Waals surface area contributed by atoms with E-state index in [1.54, 1.807) is 33.2 Å². The fraction of sp³-hybridized carbons (Fsp3) is 0.385. The van der Waals surface area contributed by atoms with E-state index in [-0.39, 0.29) is 0 Å². The minimum absolute atomic E-state index is 0.782. The molecule has 0 heterocycles. The van der Waals surface area contributed by atoms with Crippen molar-refractivity contribution >= 4 is 24.8 Å². The second-order valence-electron chi connectivity index (χ2n) is 8.93. The van der Waals surface area contributed by atoms with Crippen molar-refractivity contribution in [1.82, 2.24) is 0 Å². The van der Waals surface area contributed by atoms with Gasteiger partial charge in [0.05, 0.1) is 0 Å². The molecule has 0 atom stereocenters. The molecule has 0 radical (unpaired) electrons. The van der Waals surface area contributed by atoms with Gasteiger partial charge < -0.3 is 0 Å². The molecule has 1 fully saturated rings. The normalized spacial score (nSPS) is 18.5. The van der Waals surface area contributed by atoms with Crippen molar-refractivity contribution in [2.45, 2.75) is 59.8 Å². The summed E-state index contributed by atoms with van der Waals surface area (Å²) in [4.78, 5) is 0. The second kappa shape index (κ2) is 8.04. The van der Waals surface area contributed by atoms with Crippen LogP contribution in [0.15, 0.2) is 29.8 Å². The van der Waals surface area contributed by atoms with Crippen LogP contribution in [-0.2, 0) is 24.7 Å². The van der Waals surface area contributed by atoms with Gasteiger partial charge in [0.1, 0.15) is 0 Å². The molecule has 4 rings (SSSR count). The maximum absolute atomic E-state index is 2.60. The summed E-state index contributed by atoms with van der Waals surface area (Å²) in [6.07, 6.45) is 12.1. The molecule has 2 aliphatic rings. The van der Waals surface area contributed by atoms with E-state index in [0.29, 0.717) is 0 Å². The van der Waals surface area contributed by atoms with Crippen molar-refractivity contribution in [3.8, 4) is 11.1 Å². The summed E-state index contributed by atoms with van der Waals surface area (Å²) in [5.74, 6) is 0.782. The van der Waals surface area contributed by atoms with Crippen LogP contribution in [-0.4, -0.2) is 10.2 Å². The first-order valence-electron chi connectivity index (χ1n) is 10.7. The molecule has 0 amide bonds. The van der Waals surface area contributed by atoms with E-state index in [0.717, 1.165) is 16.2 Å². The molecule has 0 N–H and O–H groups in total. The van der Waals surface area contributed by atoms with Gasteiger partial charge in [-0.3, -0.25) is 0 Å². The van der Waals surface area contributed by atoms with Crippen molar-refractivity contribution in [3.05, 3.63) is 62.5 Å². The molecule has 2 aromatic rings. The van der Waals surface area contributed by atoms with Crippen LogP contribution in [0, 0.1) is 33.6 Å². The van der Waals surface area contributed by atoms with Crippen LogP contribution in [0.5, 0.6) is 0 Å². The van der Waals surface area contributed by atoms with E-state index in [2.05, 4.69) is 58.0 Å². The van der Waals surface area contributed by atoms with E-state index in [1.807, 2.05) is 0 Å². The van der Waals surface area contributed by atoms with Gasteiger partial charge in [0, 0.05) is 0 Å². The van der Waals surface area contributed by atoms with Gasteiger partial charge in [-0.2, -0.15) is 0 Å². The van der Waals surface area contributed by atoms with Gasteiger partial charge in [-0.15, -0.1) is 0 Å². The minimum atomic E-state index is 0.782. The van der Waals surface area contributed by atoms with E-state index in [4.69, 9.17) is 0 Å². The van der Waals surface area contributed by atoms with Crippen LogP contribution in [0.4, 0.5) is 0 Å². The Balaban J connectivity index is 1.93. The molecular formula is C26H31SiZr. The number of aryl methyl sites for hydroxylation is 2. The zero-order valence-corrected chi connectivity index (χ0v) is 22.5. The predicted octanol–water partition coefficient (Wildman–Crippen LogP) is 3.53. The quantitative estimate of drug-likeness (QED) is 0.599. The molecule has 143 valence electrons. The van der Waals surface area contributed by atoms with Crippen molar-refractivity contribution in [3.63, 3.8) is 0 Å². The molecule has 2 aliphatic carbocycles. The predicted molar refractivity (Wildman–Crippen MR) is 122 cm³/mol. The molecular weight excluding hydrogens is 432 g/mol. The summed E-state index contributed by atoms with van der Waals surface area (Å²) in [7, 11) is 1.13. The number of hydrogen-bond donors (Lipinski definition) is 0. The fourth-order valence-corrected chi connectivity index (χ4v) is 6.35. The Kier molecular flexibility index (Phi) is 5.83. The van der Waals surface area contributed by atoms with Crippen LogP contribution in [0.3, 0.4) is 0 Å². The maximum atomic E-state index is 2.60. The summed E-state index contributed by atoms with van der Waals surface area (Å²) in [6, 6.07) is 7.27. The molecule has 0 bridgehead atoms. The van der Waals surface area contributed by atoms with Crippen LogP contribution in [0.2, 0.25) is 0 Å². The Morgan fingerprint density at radius 2 is 1.64 bits per heavy atom. The van der Waals surface area contributed by atoms with E-state index in [1.165, 1.54) is 81.5 Å². The number of hydrogen-bond acceptors (Lipinski definition) is 0. The van der Waals surface area contributed by atoms with Crippen molar-refractivity contribution < 1.29 is 24.7 Å². The van der Waals surface area contributed by atoms with Gasteiger partial charge in [0.15, 0.2) is 0 Å². The topological polar surface area (TPSA) is 0 Å². The van der Waals surface area contributed by atoms with Crippen LogP contribution < -0.4 is 15.6 Å². The average Bonchev–Trinajstić information content (AvgIpc) is 2.99. The molecule has 0 aromatic heterocycles. The second-order valence-corrected chi connectivity index (χ2v) is 11.2. The van der Waals surface area contributed by atoms with Gasteiger partial charge >= 0.3 is 189 Å². The first-order valence-corrected chi connectivity index (χ1v) is 13.0. The molecule has 2 aromatic carbocycles. The number of rotatable bonds is 2. The van der Waals surface area contributed by atoms with E-state index >= 15 is 0 Å². The third kappa shape index (κ3) is 3.63. The Labute approximate surface area is 188 Å². The standard InChI is InChI=1S/C26H31Si.Zr/c1-16-10-22-14-21(13-20-8-6-5-7-9-20)15-24(22)25(11-16)23-12-17(2)26(27)19(4)18(23)3;/h10-13,15,20H,5-9H2,1-4,27H3;. The van der Waals surface area contributed by atoms with Gasteiger partial charge in [-0.25, -0.2) is 0 Å². The van der Waals surface area contributed by atoms with Crippen LogP contribution in [0.1, 0.15) is 54.4 Å². The molecule has 28 heavy (non-hydrogen) atoms. The van der Waals surface area contributed by atoms with Crippen molar-refractivity contribution in [2.75, 3.05) is 0 Å². The Morgan fingerprint density at radius 3 is 2.36 bits per heavy atom. The van der Waals surface area contributed by atoms with Gasteiger partial charge in [-0.1, -0.05) is 0 Å². The monoisotopic (exact) mass is 461 g/mol. The first-order chi connectivity index (χ1) is 13.4. The number of fused-ring (bicyclic) bond motifs is 1. The average molecular weight is 463 g/mol. The molecule has 1 saturated carbocycles. The summed E-state index contributed by atoms with van der Waals surface area (Å²) in [5, 5.41) is 4.52. The molecule has 0 unspecified atom stereocenters. The summed E-state index contributed by atoms with van der Waals surface area (Å²) < 4.78 is 1.56. The Hall–Kier alpha value is -0.980. The zero-order chi connectivity index (χ0) is 20.0. The van der Waals surface area contributed by atoms with Gasteiger partial charge in [0.2, 0.25) is 0 Å². The number of benzene rings is 2. The molecule has 2 heteroatoms. The Bertz CT molecular complexity index is 1100. The first kappa shape index (κ1) is 20.3. The zero-order valence-electron chi connectivity index (χ0n) is 18.0. The van der Waals surface area contributed by atoms with Crippen LogP contribution in [0.25, 0.3) is 20.5 Å². The molecule has 0 aliphatic heterocycles. The third-order valence-corrected chi connectivity index (χ3v) is 9.93. The van der Waals surface area contributed by atoms with Gasteiger partial charge in [-0.05, 0) is 0 Å². The summed E-state index contributed by atoms with van der Waals surface area (Å²) in [5.41, 5.74) is 10.2.